The van der Waals surface area contributed by atoms with Gasteiger partial charge >= 0.3 is 11.6 Å². The van der Waals surface area contributed by atoms with Crippen molar-refractivity contribution in [3.8, 4) is 0 Å². The van der Waals surface area contributed by atoms with Crippen molar-refractivity contribution in [1.29, 1.82) is 0 Å². The fourth-order valence-electron chi connectivity index (χ4n) is 2.98. The number of carbonyl (C=O) groups excluding carboxylic acids is 1. The fraction of sp³-hybridized carbons (Fsp3) is 0.238. The van der Waals surface area contributed by atoms with Crippen LogP contribution in [-0.2, 0) is 11.3 Å². The van der Waals surface area contributed by atoms with Crippen LogP contribution in [0.5, 0.6) is 0 Å². The molecule has 1 heterocycles. The molecule has 0 saturated carbocycles. The zero-order valence-corrected chi connectivity index (χ0v) is 15.6. The minimum atomic E-state index is -0.534. The van der Waals surface area contributed by atoms with Crippen LogP contribution >= 0.6 is 11.6 Å². The van der Waals surface area contributed by atoms with Crippen molar-refractivity contribution in [1.82, 2.24) is 0 Å². The third-order valence-electron chi connectivity index (χ3n) is 4.29. The van der Waals surface area contributed by atoms with E-state index < -0.39 is 11.6 Å². The number of esters is 1. The minimum Gasteiger partial charge on any atom is -0.457 e. The molecule has 134 valence electrons. The Kier molecular flexibility index (Phi) is 5.14. The molecule has 0 atom stereocenters. The van der Waals surface area contributed by atoms with Gasteiger partial charge < -0.3 is 9.15 Å². The second kappa shape index (κ2) is 7.34. The molecule has 0 radical (unpaired) electrons. The van der Waals surface area contributed by atoms with Gasteiger partial charge in [-0.2, -0.15) is 0 Å². The van der Waals surface area contributed by atoms with Crippen LogP contribution in [0.1, 0.15) is 46.8 Å². The standard InChI is InChI=1S/C21H19ClO4/c1-12(2)16-10-17-14(9-20(23)26-19(17)8-13(16)3)11-25-21(24)15-6-4-5-7-18(15)22/h4-10,12H,11H2,1-3H3. The number of benzene rings is 2. The van der Waals surface area contributed by atoms with Gasteiger partial charge in [-0.25, -0.2) is 9.59 Å². The van der Waals surface area contributed by atoms with Crippen molar-refractivity contribution >= 4 is 28.5 Å². The quantitative estimate of drug-likeness (QED) is 0.465. The highest BCUT2D eigenvalue weighted by Gasteiger charge is 2.15. The van der Waals surface area contributed by atoms with Gasteiger partial charge in [0.1, 0.15) is 12.2 Å². The van der Waals surface area contributed by atoms with E-state index in [4.69, 9.17) is 20.8 Å². The lowest BCUT2D eigenvalue weighted by Gasteiger charge is -2.13. The molecule has 0 unspecified atom stereocenters. The molecule has 0 aliphatic carbocycles. The number of rotatable bonds is 4. The third kappa shape index (κ3) is 3.65. The first-order valence-electron chi connectivity index (χ1n) is 8.35. The highest BCUT2D eigenvalue weighted by molar-refractivity contribution is 6.33. The molecule has 26 heavy (non-hydrogen) atoms. The van der Waals surface area contributed by atoms with Crippen LogP contribution in [0.3, 0.4) is 0 Å². The largest absolute Gasteiger partial charge is 0.457 e. The molecule has 0 spiro atoms. The van der Waals surface area contributed by atoms with Gasteiger partial charge in [0, 0.05) is 17.0 Å². The van der Waals surface area contributed by atoms with Gasteiger partial charge in [-0.05, 0) is 48.2 Å². The molecule has 0 amide bonds. The van der Waals surface area contributed by atoms with Crippen molar-refractivity contribution in [3.63, 3.8) is 0 Å². The summed E-state index contributed by atoms with van der Waals surface area (Å²) in [6.45, 7) is 6.15. The van der Waals surface area contributed by atoms with Crippen molar-refractivity contribution < 1.29 is 13.9 Å². The number of halogens is 1. The Morgan fingerprint density at radius 2 is 1.92 bits per heavy atom. The molecule has 3 aromatic rings. The maximum atomic E-state index is 12.3. The summed E-state index contributed by atoms with van der Waals surface area (Å²) < 4.78 is 10.7. The molecule has 3 rings (SSSR count). The maximum Gasteiger partial charge on any atom is 0.339 e. The zero-order valence-electron chi connectivity index (χ0n) is 14.8. The van der Waals surface area contributed by atoms with Crippen molar-refractivity contribution in [3.05, 3.63) is 80.2 Å². The summed E-state index contributed by atoms with van der Waals surface area (Å²) >= 11 is 6.03. The lowest BCUT2D eigenvalue weighted by Crippen LogP contribution is -2.09. The van der Waals surface area contributed by atoms with E-state index in [-0.39, 0.29) is 6.61 Å². The number of aryl methyl sites for hydroxylation is 1. The van der Waals surface area contributed by atoms with E-state index in [0.29, 0.717) is 27.7 Å². The minimum absolute atomic E-state index is 0.0350. The predicted octanol–water partition coefficient (Wildman–Crippen LogP) is 5.24. The molecular weight excluding hydrogens is 352 g/mol. The summed E-state index contributed by atoms with van der Waals surface area (Å²) in [5.41, 5.74) is 3.13. The molecule has 2 aromatic carbocycles. The van der Waals surface area contributed by atoms with Gasteiger partial charge in [0.05, 0.1) is 10.6 Å². The first kappa shape index (κ1) is 18.2. The predicted molar refractivity (Wildman–Crippen MR) is 102 cm³/mol. The first-order chi connectivity index (χ1) is 12.4. The Hall–Kier alpha value is -2.59. The summed E-state index contributed by atoms with van der Waals surface area (Å²) in [5, 5.41) is 1.10. The van der Waals surface area contributed by atoms with Crippen LogP contribution in [0.4, 0.5) is 0 Å². The Balaban J connectivity index is 1.97. The van der Waals surface area contributed by atoms with Gasteiger partial charge in [0.2, 0.25) is 0 Å². The summed E-state index contributed by atoms with van der Waals surface area (Å²) in [4.78, 5) is 24.2. The topological polar surface area (TPSA) is 56.5 Å². The van der Waals surface area contributed by atoms with E-state index in [0.717, 1.165) is 16.5 Å². The summed E-state index contributed by atoms with van der Waals surface area (Å²) in [7, 11) is 0. The van der Waals surface area contributed by atoms with Crippen molar-refractivity contribution in [2.75, 3.05) is 0 Å². The van der Waals surface area contributed by atoms with Crippen LogP contribution in [0.2, 0.25) is 5.02 Å². The van der Waals surface area contributed by atoms with Crippen molar-refractivity contribution in [2.24, 2.45) is 0 Å². The van der Waals surface area contributed by atoms with Gasteiger partial charge in [0.15, 0.2) is 0 Å². The molecule has 0 N–H and O–H groups in total. The molecule has 0 fully saturated rings. The maximum absolute atomic E-state index is 12.3. The summed E-state index contributed by atoms with van der Waals surface area (Å²) in [6, 6.07) is 11.9. The molecule has 0 aliphatic heterocycles. The van der Waals surface area contributed by atoms with Crippen LogP contribution in [0.15, 0.2) is 51.7 Å². The molecule has 4 nitrogen and oxygen atoms in total. The molecule has 1 aromatic heterocycles. The highest BCUT2D eigenvalue weighted by atomic mass is 35.5. The average molecular weight is 371 g/mol. The van der Waals surface area contributed by atoms with Crippen molar-refractivity contribution in [2.45, 2.75) is 33.3 Å². The zero-order chi connectivity index (χ0) is 18.8. The Morgan fingerprint density at radius 3 is 2.62 bits per heavy atom. The number of carbonyl (C=O) groups is 1. The van der Waals surface area contributed by atoms with E-state index in [1.165, 1.54) is 6.07 Å². The van der Waals surface area contributed by atoms with Crippen LogP contribution < -0.4 is 5.63 Å². The Bertz CT molecular complexity index is 1030. The monoisotopic (exact) mass is 370 g/mol. The molecule has 0 aliphatic rings. The molecular formula is C21H19ClO4. The van der Waals surface area contributed by atoms with E-state index in [9.17, 15) is 9.59 Å². The lowest BCUT2D eigenvalue weighted by atomic mass is 9.95. The van der Waals surface area contributed by atoms with E-state index in [1.54, 1.807) is 24.3 Å². The van der Waals surface area contributed by atoms with Gasteiger partial charge in [-0.1, -0.05) is 37.6 Å². The lowest BCUT2D eigenvalue weighted by molar-refractivity contribution is 0.0474. The third-order valence-corrected chi connectivity index (χ3v) is 4.62. The van der Waals surface area contributed by atoms with Gasteiger partial charge in [0.25, 0.3) is 0 Å². The van der Waals surface area contributed by atoms with Crippen LogP contribution in [-0.4, -0.2) is 5.97 Å². The van der Waals surface area contributed by atoms with E-state index in [1.807, 2.05) is 19.1 Å². The SMILES string of the molecule is Cc1cc2oc(=O)cc(COC(=O)c3ccccc3Cl)c2cc1C(C)C. The summed E-state index contributed by atoms with van der Waals surface area (Å²) in [6.07, 6.45) is 0. The molecule has 5 heteroatoms. The average Bonchev–Trinajstić information content (AvgIpc) is 2.58. The number of hydrogen-bond donors (Lipinski definition) is 0. The smallest absolute Gasteiger partial charge is 0.339 e. The number of hydrogen-bond acceptors (Lipinski definition) is 4. The Labute approximate surface area is 156 Å². The second-order valence-electron chi connectivity index (χ2n) is 6.51. The normalized spacial score (nSPS) is 11.1. The summed E-state index contributed by atoms with van der Waals surface area (Å²) in [5.74, 6) is -0.210. The number of ether oxygens (including phenoxy) is 1. The highest BCUT2D eigenvalue weighted by Crippen LogP contribution is 2.27. The van der Waals surface area contributed by atoms with E-state index >= 15 is 0 Å². The van der Waals surface area contributed by atoms with Crippen LogP contribution in [0, 0.1) is 6.92 Å². The van der Waals surface area contributed by atoms with E-state index in [2.05, 4.69) is 13.8 Å². The number of fused-ring (bicyclic) bond motifs is 1. The molecule has 0 saturated heterocycles. The first-order valence-corrected chi connectivity index (χ1v) is 8.73. The molecule has 0 bridgehead atoms. The van der Waals surface area contributed by atoms with Gasteiger partial charge in [-0.3, -0.25) is 0 Å². The van der Waals surface area contributed by atoms with Crippen LogP contribution in [0.25, 0.3) is 11.0 Å². The second-order valence-corrected chi connectivity index (χ2v) is 6.91. The fourth-order valence-corrected chi connectivity index (χ4v) is 3.19. The Morgan fingerprint density at radius 1 is 1.19 bits per heavy atom. The van der Waals surface area contributed by atoms with Gasteiger partial charge in [-0.15, -0.1) is 0 Å².